The van der Waals surface area contributed by atoms with Crippen molar-refractivity contribution in [3.05, 3.63) is 33.1 Å². The second kappa shape index (κ2) is 4.66. The second-order valence-electron chi connectivity index (χ2n) is 4.95. The Morgan fingerprint density at radius 2 is 2.14 bits per heavy atom. The lowest BCUT2D eigenvalue weighted by molar-refractivity contribution is 0.0695. The number of aromatic nitrogens is 1. The van der Waals surface area contributed by atoms with Gasteiger partial charge in [0, 0.05) is 18.3 Å². The zero-order valence-electron chi connectivity index (χ0n) is 11.1. The Bertz CT molecular complexity index is 822. The quantitative estimate of drug-likeness (QED) is 0.909. The van der Waals surface area contributed by atoms with Gasteiger partial charge in [-0.3, -0.25) is 4.79 Å². The number of hydrogen-bond acceptors (Lipinski definition) is 4. The molecule has 110 valence electrons. The highest BCUT2D eigenvalue weighted by Gasteiger charge is 2.28. The number of carboxylic acid groups (broad SMARTS) is 1. The van der Waals surface area contributed by atoms with E-state index in [0.717, 1.165) is 12.8 Å². The number of pyridine rings is 1. The fraction of sp³-hybridized carbons (Fsp3) is 0.286. The molecule has 1 aliphatic carbocycles. The van der Waals surface area contributed by atoms with Crippen LogP contribution < -0.4 is 10.2 Å². The molecule has 0 spiro atoms. The van der Waals surface area contributed by atoms with Crippen molar-refractivity contribution in [2.24, 2.45) is 0 Å². The molecule has 3 rings (SSSR count). The molecule has 0 amide bonds. The Morgan fingerprint density at radius 3 is 2.67 bits per heavy atom. The molecule has 0 atom stereocenters. The van der Waals surface area contributed by atoms with Gasteiger partial charge in [-0.1, -0.05) is 11.6 Å². The van der Waals surface area contributed by atoms with E-state index in [2.05, 4.69) is 0 Å². The number of phenols is 1. The van der Waals surface area contributed by atoms with Crippen LogP contribution in [0.15, 0.2) is 17.1 Å². The topological polar surface area (TPSA) is 88.8 Å². The van der Waals surface area contributed by atoms with E-state index in [1.165, 1.54) is 19.4 Å². The summed E-state index contributed by atoms with van der Waals surface area (Å²) in [4.78, 5) is 23.5. The summed E-state index contributed by atoms with van der Waals surface area (Å²) in [6.07, 6.45) is 3.13. The van der Waals surface area contributed by atoms with Crippen molar-refractivity contribution in [2.45, 2.75) is 18.9 Å². The van der Waals surface area contributed by atoms with Crippen LogP contribution in [0, 0.1) is 0 Å². The zero-order chi connectivity index (χ0) is 15.3. The minimum atomic E-state index is -1.32. The summed E-state index contributed by atoms with van der Waals surface area (Å²) >= 11 is 6.05. The summed E-state index contributed by atoms with van der Waals surface area (Å²) in [5.74, 6) is -1.54. The number of carbonyl (C=O) groups is 1. The SMILES string of the molecule is COc1cc2c(c(Cl)c1O)c(=O)c(C(=O)O)cn2C1CC1. The predicted octanol–water partition coefficient (Wildman–Crippen LogP) is 2.40. The predicted molar refractivity (Wildman–Crippen MR) is 76.7 cm³/mol. The minimum Gasteiger partial charge on any atom is -0.503 e. The molecule has 2 N–H and O–H groups in total. The van der Waals surface area contributed by atoms with Gasteiger partial charge in [-0.05, 0) is 12.8 Å². The third-order valence-corrected chi connectivity index (χ3v) is 3.96. The Balaban J connectivity index is 2.50. The number of hydrogen-bond donors (Lipinski definition) is 2. The second-order valence-corrected chi connectivity index (χ2v) is 5.33. The fourth-order valence-corrected chi connectivity index (χ4v) is 2.66. The number of benzene rings is 1. The first-order valence-corrected chi connectivity index (χ1v) is 6.71. The molecule has 6 nitrogen and oxygen atoms in total. The fourth-order valence-electron chi connectivity index (χ4n) is 2.39. The Labute approximate surface area is 124 Å². The summed E-state index contributed by atoms with van der Waals surface area (Å²) < 4.78 is 6.76. The van der Waals surface area contributed by atoms with Crippen molar-refractivity contribution in [3.63, 3.8) is 0 Å². The molecule has 0 radical (unpaired) electrons. The van der Waals surface area contributed by atoms with Crippen LogP contribution in [-0.2, 0) is 0 Å². The molecule has 0 bridgehead atoms. The number of phenolic OH excluding ortho intramolecular Hbond substituents is 1. The van der Waals surface area contributed by atoms with Crippen molar-refractivity contribution < 1.29 is 19.7 Å². The lowest BCUT2D eigenvalue weighted by Gasteiger charge is -2.14. The number of carboxylic acids is 1. The Hall–Kier alpha value is -2.21. The molecule has 7 heteroatoms. The summed E-state index contributed by atoms with van der Waals surface area (Å²) in [5.41, 5.74) is -0.606. The standard InChI is InChI=1S/C14H12ClNO5/c1-21-9-4-8-10(11(15)13(9)18)12(17)7(14(19)20)5-16(8)6-2-3-6/h4-6,18H,2-3H2,1H3,(H,19,20). The third-order valence-electron chi connectivity index (χ3n) is 3.59. The van der Waals surface area contributed by atoms with E-state index in [1.807, 2.05) is 0 Å². The summed E-state index contributed by atoms with van der Waals surface area (Å²) in [6.45, 7) is 0. The lowest BCUT2D eigenvalue weighted by Crippen LogP contribution is -2.19. The van der Waals surface area contributed by atoms with Gasteiger partial charge in [-0.15, -0.1) is 0 Å². The highest BCUT2D eigenvalue weighted by atomic mass is 35.5. The normalized spacial score (nSPS) is 14.4. The first-order valence-electron chi connectivity index (χ1n) is 6.33. The van der Waals surface area contributed by atoms with E-state index in [9.17, 15) is 14.7 Å². The number of aromatic carboxylic acids is 1. The van der Waals surface area contributed by atoms with Crippen LogP contribution in [0.5, 0.6) is 11.5 Å². The average Bonchev–Trinajstić information content (AvgIpc) is 3.26. The summed E-state index contributed by atoms with van der Waals surface area (Å²) in [6, 6.07) is 1.64. The van der Waals surface area contributed by atoms with Gasteiger partial charge in [0.25, 0.3) is 0 Å². The molecule has 0 saturated heterocycles. The molecule has 2 aromatic rings. The lowest BCUT2D eigenvalue weighted by atomic mass is 10.1. The van der Waals surface area contributed by atoms with Crippen LogP contribution in [0.1, 0.15) is 29.2 Å². The van der Waals surface area contributed by atoms with Crippen LogP contribution in [0.4, 0.5) is 0 Å². The van der Waals surface area contributed by atoms with Crippen LogP contribution in [0.25, 0.3) is 10.9 Å². The molecule has 1 heterocycles. The van der Waals surface area contributed by atoms with E-state index in [4.69, 9.17) is 21.4 Å². The highest BCUT2D eigenvalue weighted by molar-refractivity contribution is 6.37. The van der Waals surface area contributed by atoms with Gasteiger partial charge in [0.05, 0.1) is 23.0 Å². The van der Waals surface area contributed by atoms with Gasteiger partial charge in [-0.25, -0.2) is 4.79 Å². The number of rotatable bonds is 3. The molecule has 1 aromatic heterocycles. The minimum absolute atomic E-state index is 0.00164. The van der Waals surface area contributed by atoms with Gasteiger partial charge < -0.3 is 19.5 Å². The largest absolute Gasteiger partial charge is 0.503 e. The monoisotopic (exact) mass is 309 g/mol. The Kier molecular flexibility index (Phi) is 3.06. The number of nitrogens with zero attached hydrogens (tertiary/aromatic N) is 1. The van der Waals surface area contributed by atoms with Crippen molar-refractivity contribution in [1.29, 1.82) is 0 Å². The smallest absolute Gasteiger partial charge is 0.341 e. The Morgan fingerprint density at radius 1 is 1.48 bits per heavy atom. The first kappa shape index (κ1) is 13.8. The number of methoxy groups -OCH3 is 1. The molecule has 21 heavy (non-hydrogen) atoms. The van der Waals surface area contributed by atoms with Gasteiger partial charge in [0.1, 0.15) is 5.56 Å². The highest BCUT2D eigenvalue weighted by Crippen LogP contribution is 2.42. The number of halogens is 1. The third kappa shape index (κ3) is 2.03. The van der Waals surface area contributed by atoms with E-state index in [0.29, 0.717) is 5.52 Å². The molecule has 1 saturated carbocycles. The molecule has 0 aliphatic heterocycles. The van der Waals surface area contributed by atoms with Crippen LogP contribution >= 0.6 is 11.6 Å². The van der Waals surface area contributed by atoms with E-state index >= 15 is 0 Å². The molecule has 1 aromatic carbocycles. The number of ether oxygens (including phenoxy) is 1. The summed E-state index contributed by atoms with van der Waals surface area (Å²) in [5, 5.41) is 18.9. The van der Waals surface area contributed by atoms with Crippen LogP contribution in [0.3, 0.4) is 0 Å². The molecular weight excluding hydrogens is 298 g/mol. The van der Waals surface area contributed by atoms with Crippen molar-refractivity contribution in [3.8, 4) is 11.5 Å². The number of fused-ring (bicyclic) bond motifs is 1. The number of aromatic hydroxyl groups is 1. The van der Waals surface area contributed by atoms with Crippen LogP contribution in [0.2, 0.25) is 5.02 Å². The zero-order valence-corrected chi connectivity index (χ0v) is 11.8. The van der Waals surface area contributed by atoms with Gasteiger partial charge in [0.2, 0.25) is 5.43 Å². The van der Waals surface area contributed by atoms with Crippen molar-refractivity contribution in [2.75, 3.05) is 7.11 Å². The van der Waals surface area contributed by atoms with E-state index in [-0.39, 0.29) is 33.5 Å². The maximum absolute atomic E-state index is 12.3. The molecule has 1 aliphatic rings. The maximum atomic E-state index is 12.3. The van der Waals surface area contributed by atoms with E-state index < -0.39 is 11.4 Å². The van der Waals surface area contributed by atoms with E-state index in [1.54, 1.807) is 4.57 Å². The average molecular weight is 310 g/mol. The molecule has 1 fully saturated rings. The summed E-state index contributed by atoms with van der Waals surface area (Å²) in [7, 11) is 1.38. The van der Waals surface area contributed by atoms with Gasteiger partial charge >= 0.3 is 5.97 Å². The van der Waals surface area contributed by atoms with Crippen LogP contribution in [-0.4, -0.2) is 27.9 Å². The van der Waals surface area contributed by atoms with Gasteiger partial charge in [0.15, 0.2) is 11.5 Å². The van der Waals surface area contributed by atoms with Crippen molar-refractivity contribution in [1.82, 2.24) is 4.57 Å². The molecular formula is C14H12ClNO5. The van der Waals surface area contributed by atoms with Gasteiger partial charge in [-0.2, -0.15) is 0 Å². The first-order chi connectivity index (χ1) is 9.95. The van der Waals surface area contributed by atoms with Crippen molar-refractivity contribution >= 4 is 28.5 Å². The molecule has 0 unspecified atom stereocenters. The maximum Gasteiger partial charge on any atom is 0.341 e.